The maximum Gasteiger partial charge on any atom is 0.379 e. The highest BCUT2D eigenvalue weighted by Gasteiger charge is 2.14. The average molecular weight is 488 g/mol. The fourth-order valence-electron chi connectivity index (χ4n) is 3.03. The van der Waals surface area contributed by atoms with E-state index in [1.807, 2.05) is 0 Å². The number of carbonyl (C=O) groups is 3. The summed E-state index contributed by atoms with van der Waals surface area (Å²) in [5, 5.41) is 6.99. The third kappa shape index (κ3) is 6.01. The van der Waals surface area contributed by atoms with Crippen molar-refractivity contribution in [3.8, 4) is 5.75 Å². The number of furan rings is 1. The summed E-state index contributed by atoms with van der Waals surface area (Å²) in [5.41, 5.74) is 3.89. The number of halogens is 1. The largest absolute Gasteiger partial charge is 0.457 e. The number of nitrogens with one attached hydrogen (secondary N) is 2. The van der Waals surface area contributed by atoms with E-state index in [-0.39, 0.29) is 17.1 Å². The van der Waals surface area contributed by atoms with Gasteiger partial charge in [-0.15, -0.1) is 0 Å². The molecule has 174 valence electrons. The van der Waals surface area contributed by atoms with E-state index < -0.39 is 17.8 Å². The van der Waals surface area contributed by atoms with E-state index in [4.69, 9.17) is 20.8 Å². The fourth-order valence-corrected chi connectivity index (χ4v) is 3.25. The van der Waals surface area contributed by atoms with Crippen molar-refractivity contribution < 1.29 is 23.5 Å². The molecule has 0 unspecified atom stereocenters. The minimum Gasteiger partial charge on any atom is -0.457 e. The lowest BCUT2D eigenvalue weighted by molar-refractivity contribution is 0.0700. The SMILES string of the molecule is O=C(NN=Cc1ccccc1OC(=O)c1ccco1)c1cccc(NC(=O)c2ccccc2Cl)c1. The van der Waals surface area contributed by atoms with Crippen molar-refractivity contribution in [2.75, 3.05) is 5.32 Å². The molecule has 0 saturated heterocycles. The number of esters is 1. The van der Waals surface area contributed by atoms with Crippen molar-refractivity contribution in [3.63, 3.8) is 0 Å². The van der Waals surface area contributed by atoms with Gasteiger partial charge in [-0.25, -0.2) is 10.2 Å². The van der Waals surface area contributed by atoms with Gasteiger partial charge in [-0.1, -0.05) is 41.9 Å². The van der Waals surface area contributed by atoms with Crippen LogP contribution in [0.25, 0.3) is 0 Å². The van der Waals surface area contributed by atoms with Crippen LogP contribution in [0.15, 0.2) is 101 Å². The van der Waals surface area contributed by atoms with Crippen LogP contribution in [0.4, 0.5) is 5.69 Å². The van der Waals surface area contributed by atoms with E-state index in [2.05, 4.69) is 15.8 Å². The van der Waals surface area contributed by atoms with Gasteiger partial charge >= 0.3 is 5.97 Å². The predicted molar refractivity (Wildman–Crippen MR) is 131 cm³/mol. The molecule has 35 heavy (non-hydrogen) atoms. The topological polar surface area (TPSA) is 110 Å². The van der Waals surface area contributed by atoms with E-state index in [1.165, 1.54) is 24.6 Å². The normalized spacial score (nSPS) is 10.7. The van der Waals surface area contributed by atoms with Crippen molar-refractivity contribution in [3.05, 3.63) is 119 Å². The molecule has 4 rings (SSSR count). The molecule has 0 saturated carbocycles. The first-order chi connectivity index (χ1) is 17.0. The Balaban J connectivity index is 1.40. The summed E-state index contributed by atoms with van der Waals surface area (Å²) in [7, 11) is 0. The number of ether oxygens (including phenoxy) is 1. The molecular formula is C26H18ClN3O5. The van der Waals surface area contributed by atoms with Gasteiger partial charge in [-0.3, -0.25) is 9.59 Å². The Hall–Kier alpha value is -4.69. The van der Waals surface area contributed by atoms with E-state index in [0.717, 1.165) is 0 Å². The predicted octanol–water partition coefficient (Wildman–Crippen LogP) is 5.17. The molecule has 0 spiro atoms. The van der Waals surface area contributed by atoms with Crippen molar-refractivity contribution in [1.29, 1.82) is 0 Å². The van der Waals surface area contributed by atoms with E-state index in [1.54, 1.807) is 72.8 Å². The van der Waals surface area contributed by atoms with Crippen LogP contribution in [0.3, 0.4) is 0 Å². The van der Waals surface area contributed by atoms with Crippen molar-refractivity contribution in [1.82, 2.24) is 5.43 Å². The Labute approximate surface area is 205 Å². The van der Waals surface area contributed by atoms with Gasteiger partial charge in [0.05, 0.1) is 23.1 Å². The minimum absolute atomic E-state index is 0.0616. The van der Waals surface area contributed by atoms with E-state index >= 15 is 0 Å². The molecule has 1 aromatic heterocycles. The van der Waals surface area contributed by atoms with Crippen molar-refractivity contribution in [2.45, 2.75) is 0 Å². The molecular weight excluding hydrogens is 470 g/mol. The Morgan fingerprint density at radius 1 is 0.886 bits per heavy atom. The van der Waals surface area contributed by atoms with Gasteiger partial charge in [-0.05, 0) is 54.6 Å². The average Bonchev–Trinajstić information content (AvgIpc) is 3.41. The highest BCUT2D eigenvalue weighted by molar-refractivity contribution is 6.34. The smallest absolute Gasteiger partial charge is 0.379 e. The lowest BCUT2D eigenvalue weighted by Gasteiger charge is -2.08. The second-order valence-corrected chi connectivity index (χ2v) is 7.53. The Morgan fingerprint density at radius 2 is 1.69 bits per heavy atom. The molecule has 2 N–H and O–H groups in total. The molecule has 0 fully saturated rings. The summed E-state index contributed by atoms with van der Waals surface area (Å²) in [6.07, 6.45) is 2.72. The monoisotopic (exact) mass is 487 g/mol. The van der Waals surface area contributed by atoms with Gasteiger partial charge in [0.15, 0.2) is 0 Å². The Bertz CT molecular complexity index is 1400. The molecule has 8 nitrogen and oxygen atoms in total. The van der Waals surface area contributed by atoms with Crippen LogP contribution in [-0.2, 0) is 0 Å². The number of carbonyl (C=O) groups excluding carboxylic acids is 3. The molecule has 0 radical (unpaired) electrons. The number of hydrogen-bond acceptors (Lipinski definition) is 6. The summed E-state index contributed by atoms with van der Waals surface area (Å²) < 4.78 is 10.4. The van der Waals surface area contributed by atoms with Crippen LogP contribution in [0, 0.1) is 0 Å². The van der Waals surface area contributed by atoms with Crippen molar-refractivity contribution in [2.24, 2.45) is 5.10 Å². The first-order valence-corrected chi connectivity index (χ1v) is 10.7. The van der Waals surface area contributed by atoms with Gasteiger partial charge < -0.3 is 14.5 Å². The van der Waals surface area contributed by atoms with Crippen LogP contribution < -0.4 is 15.5 Å². The van der Waals surface area contributed by atoms with Crippen LogP contribution >= 0.6 is 11.6 Å². The minimum atomic E-state index is -0.657. The van der Waals surface area contributed by atoms with Gasteiger partial charge in [0.2, 0.25) is 5.76 Å². The van der Waals surface area contributed by atoms with Crippen LogP contribution in [0.2, 0.25) is 5.02 Å². The summed E-state index contributed by atoms with van der Waals surface area (Å²) >= 11 is 6.07. The summed E-state index contributed by atoms with van der Waals surface area (Å²) in [6, 6.07) is 22.8. The number of hydrogen-bond donors (Lipinski definition) is 2. The molecule has 3 aromatic carbocycles. The van der Waals surface area contributed by atoms with Gasteiger partial charge in [0, 0.05) is 16.8 Å². The second-order valence-electron chi connectivity index (χ2n) is 7.12. The number of rotatable bonds is 7. The first kappa shape index (κ1) is 23.5. The quantitative estimate of drug-likeness (QED) is 0.162. The molecule has 0 aliphatic carbocycles. The molecule has 0 bridgehead atoms. The molecule has 0 aliphatic heterocycles. The summed E-state index contributed by atoms with van der Waals surface area (Å²) in [5.74, 6) is -1.25. The lowest BCUT2D eigenvalue weighted by atomic mass is 10.1. The molecule has 9 heteroatoms. The standard InChI is InChI=1S/C26H18ClN3O5/c27-21-11-3-2-10-20(21)25(32)29-19-9-5-8-17(15-19)24(31)30-28-16-18-7-1-4-12-22(18)35-26(33)23-13-6-14-34-23/h1-16H,(H,29,32)(H,30,31). The number of hydrazone groups is 1. The van der Waals surface area contributed by atoms with Crippen LogP contribution in [-0.4, -0.2) is 24.0 Å². The van der Waals surface area contributed by atoms with Gasteiger partial charge in [0.1, 0.15) is 5.75 Å². The number of nitrogens with zero attached hydrogens (tertiary/aromatic N) is 1. The fraction of sp³-hybridized carbons (Fsp3) is 0. The Kier molecular flexibility index (Phi) is 7.34. The second kappa shape index (κ2) is 11.0. The Morgan fingerprint density at radius 3 is 2.49 bits per heavy atom. The maximum absolute atomic E-state index is 12.6. The third-order valence-corrected chi connectivity index (χ3v) is 5.04. The number of anilines is 1. The highest BCUT2D eigenvalue weighted by Crippen LogP contribution is 2.19. The van der Waals surface area contributed by atoms with Gasteiger partial charge in [0.25, 0.3) is 11.8 Å². The molecule has 2 amide bonds. The molecule has 0 atom stereocenters. The first-order valence-electron chi connectivity index (χ1n) is 10.4. The van der Waals surface area contributed by atoms with Crippen LogP contribution in [0.5, 0.6) is 5.75 Å². The zero-order valence-corrected chi connectivity index (χ0v) is 18.9. The zero-order chi connectivity index (χ0) is 24.6. The van der Waals surface area contributed by atoms with E-state index in [9.17, 15) is 14.4 Å². The van der Waals surface area contributed by atoms with Gasteiger partial charge in [-0.2, -0.15) is 5.10 Å². The third-order valence-electron chi connectivity index (χ3n) is 4.71. The summed E-state index contributed by atoms with van der Waals surface area (Å²) in [6.45, 7) is 0. The lowest BCUT2D eigenvalue weighted by Crippen LogP contribution is -2.18. The summed E-state index contributed by atoms with van der Waals surface area (Å²) in [4.78, 5) is 37.2. The number of para-hydroxylation sites is 1. The molecule has 1 heterocycles. The molecule has 4 aromatic rings. The number of amides is 2. The number of benzene rings is 3. The van der Waals surface area contributed by atoms with Crippen molar-refractivity contribution >= 4 is 41.3 Å². The van der Waals surface area contributed by atoms with E-state index in [0.29, 0.717) is 21.8 Å². The van der Waals surface area contributed by atoms with Crippen LogP contribution in [0.1, 0.15) is 36.8 Å². The zero-order valence-electron chi connectivity index (χ0n) is 18.1. The molecule has 0 aliphatic rings. The highest BCUT2D eigenvalue weighted by atomic mass is 35.5. The maximum atomic E-state index is 12.6.